The Morgan fingerprint density at radius 1 is 0.266 bits per heavy atom. The molecule has 454 valence electrons. The van der Waals surface area contributed by atoms with Gasteiger partial charge in [0, 0.05) is 19.3 Å². The van der Waals surface area contributed by atoms with E-state index in [0.717, 1.165) is 128 Å². The number of ether oxygens (including phenoxy) is 3. The summed E-state index contributed by atoms with van der Waals surface area (Å²) in [6.45, 7) is 6.47. The summed E-state index contributed by atoms with van der Waals surface area (Å²) >= 11 is 0. The van der Waals surface area contributed by atoms with E-state index in [2.05, 4.69) is 118 Å². The van der Waals surface area contributed by atoms with Crippen LogP contribution in [0, 0.1) is 0 Å². The van der Waals surface area contributed by atoms with Crippen LogP contribution in [-0.4, -0.2) is 37.2 Å². The summed E-state index contributed by atoms with van der Waals surface area (Å²) in [6.07, 6.45) is 90.1. The van der Waals surface area contributed by atoms with E-state index in [-0.39, 0.29) is 31.1 Å². The van der Waals surface area contributed by atoms with E-state index in [1.54, 1.807) is 0 Å². The van der Waals surface area contributed by atoms with Gasteiger partial charge in [0.25, 0.3) is 0 Å². The Morgan fingerprint density at radius 2 is 0.519 bits per heavy atom. The molecule has 0 aromatic carbocycles. The number of allylic oxidation sites excluding steroid dienone is 16. The molecule has 79 heavy (non-hydrogen) atoms. The molecule has 0 bridgehead atoms. The standard InChI is InChI=1S/C73H126O6/c1-4-7-10-13-16-19-22-25-27-28-29-30-31-32-33-34-35-36-37-38-39-40-41-42-43-44-46-48-51-54-57-60-63-66-72(75)78-69-70(68-77-71(74)65-62-59-56-53-50-47-24-21-18-15-12-9-6-3)79-73(76)67-64-61-58-55-52-49-45-26-23-20-17-14-11-8-5-2/h7,10,12,15-16,19,21,24-27,29-30,32-33,45,70H,4-6,8-9,11,13-14,17-18,20,22-23,28,31,34-44,46-69H2,1-3H3/b10-7-,15-12-,19-16-,24-21-,27-25-,30-29-,33-32-,45-26-. The minimum atomic E-state index is -0.786. The fourth-order valence-electron chi connectivity index (χ4n) is 9.50. The molecule has 0 rings (SSSR count). The molecular weight excluding hydrogens is 973 g/mol. The Morgan fingerprint density at radius 3 is 0.835 bits per heavy atom. The van der Waals surface area contributed by atoms with Crippen molar-refractivity contribution < 1.29 is 28.6 Å². The zero-order chi connectivity index (χ0) is 57.1. The summed E-state index contributed by atoms with van der Waals surface area (Å²) in [5, 5.41) is 0. The van der Waals surface area contributed by atoms with Gasteiger partial charge in [-0.25, -0.2) is 0 Å². The lowest BCUT2D eigenvalue weighted by atomic mass is 10.0. The summed E-state index contributed by atoms with van der Waals surface area (Å²) in [5.74, 6) is -0.893. The highest BCUT2D eigenvalue weighted by molar-refractivity contribution is 5.71. The van der Waals surface area contributed by atoms with Crippen LogP contribution in [0.2, 0.25) is 0 Å². The first kappa shape index (κ1) is 75.3. The van der Waals surface area contributed by atoms with Crippen LogP contribution in [0.3, 0.4) is 0 Å². The minimum absolute atomic E-state index is 0.0822. The summed E-state index contributed by atoms with van der Waals surface area (Å²) < 4.78 is 16.9. The lowest BCUT2D eigenvalue weighted by Gasteiger charge is -2.18. The highest BCUT2D eigenvalue weighted by atomic mass is 16.6. The summed E-state index contributed by atoms with van der Waals surface area (Å²) in [7, 11) is 0. The molecular formula is C73H126O6. The molecule has 0 aromatic rings. The van der Waals surface area contributed by atoms with E-state index in [1.807, 2.05) is 0 Å². The van der Waals surface area contributed by atoms with Crippen molar-refractivity contribution in [2.75, 3.05) is 13.2 Å². The van der Waals surface area contributed by atoms with Gasteiger partial charge in [-0.1, -0.05) is 291 Å². The Bertz CT molecular complexity index is 1540. The van der Waals surface area contributed by atoms with E-state index in [0.29, 0.717) is 19.3 Å². The normalized spacial score (nSPS) is 12.7. The number of unbranched alkanes of at least 4 members (excludes halogenated alkanes) is 34. The molecule has 0 aromatic heterocycles. The van der Waals surface area contributed by atoms with Crippen molar-refractivity contribution in [3.8, 4) is 0 Å². The summed E-state index contributed by atoms with van der Waals surface area (Å²) in [6, 6.07) is 0. The molecule has 1 unspecified atom stereocenters. The van der Waals surface area contributed by atoms with Crippen LogP contribution in [0.4, 0.5) is 0 Å². The van der Waals surface area contributed by atoms with E-state index in [1.165, 1.54) is 161 Å². The van der Waals surface area contributed by atoms with Crippen LogP contribution in [0.25, 0.3) is 0 Å². The molecule has 0 aliphatic heterocycles. The third kappa shape index (κ3) is 65.0. The quantitative estimate of drug-likeness (QED) is 0.0261. The number of rotatable bonds is 61. The zero-order valence-corrected chi connectivity index (χ0v) is 52.1. The Balaban J connectivity index is 4.16. The maximum Gasteiger partial charge on any atom is 0.306 e. The van der Waals surface area contributed by atoms with Crippen molar-refractivity contribution in [3.05, 3.63) is 97.2 Å². The molecule has 0 radical (unpaired) electrons. The average molecular weight is 1100 g/mol. The van der Waals surface area contributed by atoms with Gasteiger partial charge in [0.1, 0.15) is 13.2 Å². The minimum Gasteiger partial charge on any atom is -0.462 e. The lowest BCUT2D eigenvalue weighted by Crippen LogP contribution is -2.30. The van der Waals surface area contributed by atoms with Crippen molar-refractivity contribution in [1.29, 1.82) is 0 Å². The van der Waals surface area contributed by atoms with Gasteiger partial charge < -0.3 is 14.2 Å². The number of carbonyl (C=O) groups excluding carboxylic acids is 3. The predicted molar refractivity (Wildman–Crippen MR) is 344 cm³/mol. The van der Waals surface area contributed by atoms with Crippen molar-refractivity contribution in [2.45, 2.75) is 335 Å². The highest BCUT2D eigenvalue weighted by Crippen LogP contribution is 2.17. The molecule has 6 heteroatoms. The zero-order valence-electron chi connectivity index (χ0n) is 52.1. The van der Waals surface area contributed by atoms with Gasteiger partial charge in [-0.15, -0.1) is 0 Å². The van der Waals surface area contributed by atoms with Gasteiger partial charge in [-0.2, -0.15) is 0 Å². The van der Waals surface area contributed by atoms with Crippen LogP contribution < -0.4 is 0 Å². The number of hydrogen-bond donors (Lipinski definition) is 0. The Hall–Kier alpha value is -3.67. The largest absolute Gasteiger partial charge is 0.462 e. The third-order valence-corrected chi connectivity index (χ3v) is 14.5. The van der Waals surface area contributed by atoms with Crippen molar-refractivity contribution in [1.82, 2.24) is 0 Å². The van der Waals surface area contributed by atoms with Gasteiger partial charge in [0.05, 0.1) is 0 Å². The van der Waals surface area contributed by atoms with Crippen LogP contribution in [-0.2, 0) is 28.6 Å². The van der Waals surface area contributed by atoms with E-state index < -0.39 is 6.10 Å². The second-order valence-electron chi connectivity index (χ2n) is 22.3. The first-order valence-electron chi connectivity index (χ1n) is 33.7. The topological polar surface area (TPSA) is 78.9 Å². The maximum atomic E-state index is 12.9. The average Bonchev–Trinajstić information content (AvgIpc) is 3.45. The molecule has 0 aliphatic rings. The van der Waals surface area contributed by atoms with Crippen molar-refractivity contribution in [2.24, 2.45) is 0 Å². The first-order valence-corrected chi connectivity index (χ1v) is 33.7. The van der Waals surface area contributed by atoms with E-state index in [4.69, 9.17) is 14.2 Å². The second-order valence-corrected chi connectivity index (χ2v) is 22.3. The first-order chi connectivity index (χ1) is 39.0. The monoisotopic (exact) mass is 1100 g/mol. The number of esters is 3. The molecule has 0 heterocycles. The fourth-order valence-corrected chi connectivity index (χ4v) is 9.50. The van der Waals surface area contributed by atoms with Gasteiger partial charge in [-0.3, -0.25) is 14.4 Å². The van der Waals surface area contributed by atoms with Gasteiger partial charge in [0.2, 0.25) is 0 Å². The molecule has 0 spiro atoms. The Labute approximate surface area is 489 Å². The molecule has 6 nitrogen and oxygen atoms in total. The second kappa shape index (κ2) is 66.8. The summed E-state index contributed by atoms with van der Waals surface area (Å²) in [4.78, 5) is 38.3. The van der Waals surface area contributed by atoms with Gasteiger partial charge in [0.15, 0.2) is 6.10 Å². The fraction of sp³-hybridized carbons (Fsp3) is 0.740. The van der Waals surface area contributed by atoms with Gasteiger partial charge >= 0.3 is 17.9 Å². The van der Waals surface area contributed by atoms with Crippen molar-refractivity contribution >= 4 is 17.9 Å². The summed E-state index contributed by atoms with van der Waals surface area (Å²) in [5.41, 5.74) is 0. The molecule has 0 saturated heterocycles. The SMILES string of the molecule is CC/C=C\C/C=C\C/C=C\C/C=C\C/C=C\CCCCCCCCCCCCCCCCCCCC(=O)OCC(COC(=O)CCCCCCC/C=C\C/C=C\CCC)OC(=O)CCCCCCC/C=C\CCCCCCCC. The van der Waals surface area contributed by atoms with Crippen molar-refractivity contribution in [3.63, 3.8) is 0 Å². The molecule has 0 amide bonds. The maximum absolute atomic E-state index is 12.9. The molecule has 0 N–H and O–H groups in total. The predicted octanol–water partition coefficient (Wildman–Crippen LogP) is 23.2. The van der Waals surface area contributed by atoms with Crippen LogP contribution in [0.15, 0.2) is 97.2 Å². The molecule has 0 fully saturated rings. The molecule has 0 aliphatic carbocycles. The van der Waals surface area contributed by atoms with Crippen LogP contribution in [0.5, 0.6) is 0 Å². The molecule has 0 saturated carbocycles. The van der Waals surface area contributed by atoms with E-state index >= 15 is 0 Å². The van der Waals surface area contributed by atoms with Crippen LogP contribution in [0.1, 0.15) is 329 Å². The van der Waals surface area contributed by atoms with Crippen LogP contribution >= 0.6 is 0 Å². The third-order valence-electron chi connectivity index (χ3n) is 14.5. The van der Waals surface area contributed by atoms with E-state index in [9.17, 15) is 14.4 Å². The number of carbonyl (C=O) groups is 3. The Kier molecular flexibility index (Phi) is 63.7. The smallest absolute Gasteiger partial charge is 0.306 e. The lowest BCUT2D eigenvalue weighted by molar-refractivity contribution is -0.167. The van der Waals surface area contributed by atoms with Gasteiger partial charge in [-0.05, 0) is 116 Å². The highest BCUT2D eigenvalue weighted by Gasteiger charge is 2.19. The molecule has 1 atom stereocenters. The number of hydrogen-bond acceptors (Lipinski definition) is 6.